The van der Waals surface area contributed by atoms with Gasteiger partial charge in [0, 0.05) is 10.3 Å². The molecule has 0 aliphatic heterocycles. The van der Waals surface area contributed by atoms with Crippen LogP contribution in [0.1, 0.15) is 25.6 Å². The van der Waals surface area contributed by atoms with Gasteiger partial charge in [0.25, 0.3) is 0 Å². The third kappa shape index (κ3) is 2.47. The van der Waals surface area contributed by atoms with Crippen LogP contribution < -0.4 is 0 Å². The Morgan fingerprint density at radius 2 is 2.07 bits per heavy atom. The smallest absolute Gasteiger partial charge is 0.141 e. The number of fused-ring (bicyclic) bond motifs is 1. The van der Waals surface area contributed by atoms with Gasteiger partial charge in [0.1, 0.15) is 16.3 Å². The van der Waals surface area contributed by atoms with Gasteiger partial charge in [0.15, 0.2) is 0 Å². The normalized spacial score (nSPS) is 12.3. The van der Waals surface area contributed by atoms with Gasteiger partial charge in [-0.2, -0.15) is 0 Å². The Morgan fingerprint density at radius 3 is 2.67 bits per heavy atom. The zero-order chi connectivity index (χ0) is 11.1. The lowest BCUT2D eigenvalue weighted by Crippen LogP contribution is -2.07. The molecule has 2 nitrogen and oxygen atoms in total. The molecule has 0 radical (unpaired) electrons. The summed E-state index contributed by atoms with van der Waals surface area (Å²) in [6.45, 7) is 6.68. The van der Waals surface area contributed by atoms with Gasteiger partial charge >= 0.3 is 0 Å². The Morgan fingerprint density at radius 1 is 1.33 bits per heavy atom. The predicted molar refractivity (Wildman–Crippen MR) is 65.6 cm³/mol. The molecule has 2 rings (SSSR count). The molecule has 80 valence electrons. The van der Waals surface area contributed by atoms with Gasteiger partial charge in [-0.05, 0) is 17.9 Å². The molecule has 2 heterocycles. The Bertz CT molecular complexity index is 485. The summed E-state index contributed by atoms with van der Waals surface area (Å²) in [7, 11) is 0. The van der Waals surface area contributed by atoms with Crippen LogP contribution in [0.4, 0.5) is 0 Å². The molecule has 0 amide bonds. The van der Waals surface area contributed by atoms with E-state index in [9.17, 15) is 0 Å². The van der Waals surface area contributed by atoms with Crippen molar-refractivity contribution in [1.82, 2.24) is 9.97 Å². The minimum absolute atomic E-state index is 0.292. The second-order valence-electron chi connectivity index (χ2n) is 4.83. The lowest BCUT2D eigenvalue weighted by atomic mass is 9.91. The van der Waals surface area contributed by atoms with Gasteiger partial charge in [-0.15, -0.1) is 11.3 Å². The molecule has 2 aromatic heterocycles. The molecular formula is C11H13ClN2S. The Kier molecular flexibility index (Phi) is 2.69. The summed E-state index contributed by atoms with van der Waals surface area (Å²) in [5.74, 6) is 0. The Balaban J connectivity index is 2.44. The summed E-state index contributed by atoms with van der Waals surface area (Å²) in [6.07, 6.45) is 2.56. The zero-order valence-electron chi connectivity index (χ0n) is 9.04. The first-order valence-corrected chi connectivity index (χ1v) is 6.04. The van der Waals surface area contributed by atoms with E-state index in [4.69, 9.17) is 11.6 Å². The maximum atomic E-state index is 6.00. The molecule has 0 bridgehead atoms. The number of aromatic nitrogens is 2. The van der Waals surface area contributed by atoms with Gasteiger partial charge in [-0.25, -0.2) is 9.97 Å². The molecule has 0 fully saturated rings. The molecule has 0 unspecified atom stereocenters. The lowest BCUT2D eigenvalue weighted by Gasteiger charge is -2.15. The fourth-order valence-electron chi connectivity index (χ4n) is 1.49. The van der Waals surface area contributed by atoms with Crippen LogP contribution in [-0.2, 0) is 6.42 Å². The van der Waals surface area contributed by atoms with E-state index in [1.807, 2.05) is 0 Å². The standard InChI is InChI=1S/C11H13ClN2S/c1-11(2,3)5-7-4-8-9(12)13-6-14-10(8)15-7/h4,6H,5H2,1-3H3. The number of hydrogen-bond acceptors (Lipinski definition) is 3. The topological polar surface area (TPSA) is 25.8 Å². The maximum Gasteiger partial charge on any atom is 0.141 e. The Hall–Kier alpha value is -0.670. The quantitative estimate of drug-likeness (QED) is 0.706. The number of rotatable bonds is 1. The van der Waals surface area contributed by atoms with Crippen molar-refractivity contribution < 1.29 is 0 Å². The summed E-state index contributed by atoms with van der Waals surface area (Å²) >= 11 is 7.70. The molecule has 0 aromatic carbocycles. The van der Waals surface area contributed by atoms with E-state index < -0.39 is 0 Å². The van der Waals surface area contributed by atoms with Crippen molar-refractivity contribution in [2.45, 2.75) is 27.2 Å². The molecule has 0 aliphatic carbocycles. The molecule has 15 heavy (non-hydrogen) atoms. The molecule has 2 aromatic rings. The summed E-state index contributed by atoms with van der Waals surface area (Å²) < 4.78 is 0. The van der Waals surface area contributed by atoms with E-state index >= 15 is 0 Å². The molecular weight excluding hydrogens is 228 g/mol. The van der Waals surface area contributed by atoms with Crippen LogP contribution in [0.2, 0.25) is 5.15 Å². The third-order valence-corrected chi connectivity index (χ3v) is 3.38. The molecule has 0 atom stereocenters. The summed E-state index contributed by atoms with van der Waals surface area (Å²) in [5.41, 5.74) is 0.292. The first kappa shape index (κ1) is 10.8. The average molecular weight is 241 g/mol. The van der Waals surface area contributed by atoms with E-state index in [-0.39, 0.29) is 0 Å². The van der Waals surface area contributed by atoms with Crippen LogP contribution in [0, 0.1) is 5.41 Å². The van der Waals surface area contributed by atoms with Gasteiger partial charge in [-0.1, -0.05) is 32.4 Å². The molecule has 0 N–H and O–H groups in total. The third-order valence-electron chi connectivity index (χ3n) is 2.04. The van der Waals surface area contributed by atoms with E-state index in [0.717, 1.165) is 16.6 Å². The number of halogens is 1. The van der Waals surface area contributed by atoms with E-state index in [2.05, 4.69) is 36.8 Å². The molecule has 0 aliphatic rings. The SMILES string of the molecule is CC(C)(C)Cc1cc2c(Cl)ncnc2s1. The van der Waals surface area contributed by atoms with Gasteiger partial charge in [0.2, 0.25) is 0 Å². The Labute approximate surface area is 98.3 Å². The van der Waals surface area contributed by atoms with Crippen LogP contribution >= 0.6 is 22.9 Å². The first-order valence-electron chi connectivity index (χ1n) is 4.85. The highest BCUT2D eigenvalue weighted by molar-refractivity contribution is 7.18. The van der Waals surface area contributed by atoms with Crippen LogP contribution in [0.15, 0.2) is 12.4 Å². The van der Waals surface area contributed by atoms with Crippen LogP contribution in [0.3, 0.4) is 0 Å². The summed E-state index contributed by atoms with van der Waals surface area (Å²) in [6, 6.07) is 2.10. The van der Waals surface area contributed by atoms with E-state index in [1.54, 1.807) is 11.3 Å². The van der Waals surface area contributed by atoms with Gasteiger partial charge in [-0.3, -0.25) is 0 Å². The predicted octanol–water partition coefficient (Wildman–Crippen LogP) is 3.93. The molecule has 0 spiro atoms. The fraction of sp³-hybridized carbons (Fsp3) is 0.455. The highest BCUT2D eigenvalue weighted by Gasteiger charge is 2.14. The van der Waals surface area contributed by atoms with Crippen molar-refractivity contribution >= 4 is 33.2 Å². The van der Waals surface area contributed by atoms with Crippen molar-refractivity contribution in [3.63, 3.8) is 0 Å². The minimum atomic E-state index is 0.292. The van der Waals surface area contributed by atoms with Crippen LogP contribution in [0.5, 0.6) is 0 Å². The fourth-order valence-corrected chi connectivity index (χ4v) is 3.03. The summed E-state index contributed by atoms with van der Waals surface area (Å²) in [4.78, 5) is 10.5. The zero-order valence-corrected chi connectivity index (χ0v) is 10.6. The molecule has 4 heteroatoms. The second-order valence-corrected chi connectivity index (χ2v) is 6.31. The van der Waals surface area contributed by atoms with E-state index in [0.29, 0.717) is 10.6 Å². The van der Waals surface area contributed by atoms with Crippen molar-refractivity contribution in [2.75, 3.05) is 0 Å². The number of hydrogen-bond donors (Lipinski definition) is 0. The minimum Gasteiger partial charge on any atom is -0.225 e. The van der Waals surface area contributed by atoms with Crippen LogP contribution in [-0.4, -0.2) is 9.97 Å². The van der Waals surface area contributed by atoms with Gasteiger partial charge < -0.3 is 0 Å². The van der Waals surface area contributed by atoms with Crippen molar-refractivity contribution in [3.05, 3.63) is 22.4 Å². The van der Waals surface area contributed by atoms with Crippen LogP contribution in [0.25, 0.3) is 10.2 Å². The summed E-state index contributed by atoms with van der Waals surface area (Å²) in [5, 5.41) is 1.53. The highest BCUT2D eigenvalue weighted by atomic mass is 35.5. The van der Waals surface area contributed by atoms with Crippen molar-refractivity contribution in [2.24, 2.45) is 5.41 Å². The monoisotopic (exact) mass is 240 g/mol. The molecule has 0 saturated carbocycles. The maximum absolute atomic E-state index is 6.00. The lowest BCUT2D eigenvalue weighted by molar-refractivity contribution is 0.415. The van der Waals surface area contributed by atoms with Gasteiger partial charge in [0.05, 0.1) is 0 Å². The van der Waals surface area contributed by atoms with Crippen molar-refractivity contribution in [3.8, 4) is 0 Å². The largest absolute Gasteiger partial charge is 0.225 e. The molecule has 0 saturated heterocycles. The number of thiophene rings is 1. The van der Waals surface area contributed by atoms with E-state index in [1.165, 1.54) is 11.2 Å². The first-order chi connectivity index (χ1) is 6.96. The highest BCUT2D eigenvalue weighted by Crippen LogP contribution is 2.31. The number of nitrogens with zero attached hydrogens (tertiary/aromatic N) is 2. The average Bonchev–Trinajstić information content (AvgIpc) is 2.45. The van der Waals surface area contributed by atoms with Crippen molar-refractivity contribution in [1.29, 1.82) is 0 Å². The second kappa shape index (κ2) is 3.72.